The van der Waals surface area contributed by atoms with Crippen molar-refractivity contribution in [3.63, 3.8) is 0 Å². The molecule has 1 rings (SSSR count). The molecule has 1 aliphatic rings. The predicted octanol–water partition coefficient (Wildman–Crippen LogP) is 0.199. The molecule has 19 heavy (non-hydrogen) atoms. The number of amides is 1. The summed E-state index contributed by atoms with van der Waals surface area (Å²) in [5, 5.41) is 0. The average Bonchev–Trinajstić information content (AvgIpc) is 2.35. The molecule has 1 heterocycles. The normalized spacial score (nSPS) is 22.3. The average molecular weight is 292 g/mol. The van der Waals surface area contributed by atoms with Gasteiger partial charge in [-0.05, 0) is 32.6 Å². The quantitative estimate of drug-likeness (QED) is 0.759. The van der Waals surface area contributed by atoms with Crippen LogP contribution in [0.5, 0.6) is 0 Å². The molecule has 0 bridgehead atoms. The van der Waals surface area contributed by atoms with Crippen LogP contribution in [0.25, 0.3) is 0 Å². The predicted molar refractivity (Wildman–Crippen MR) is 73.2 cm³/mol. The summed E-state index contributed by atoms with van der Waals surface area (Å²) in [6.45, 7) is 5.85. The molecular weight excluding hydrogens is 268 g/mol. The number of rotatable bonds is 6. The van der Waals surface area contributed by atoms with E-state index in [1.807, 2.05) is 6.92 Å². The van der Waals surface area contributed by atoms with Crippen molar-refractivity contribution in [3.8, 4) is 0 Å². The molecule has 0 aromatic carbocycles. The lowest BCUT2D eigenvalue weighted by Gasteiger charge is -2.34. The Balaban J connectivity index is 2.47. The van der Waals surface area contributed by atoms with Gasteiger partial charge in [-0.15, -0.1) is 0 Å². The maximum atomic E-state index is 12.1. The molecule has 6 nitrogen and oxygen atoms in total. The van der Waals surface area contributed by atoms with E-state index in [-0.39, 0.29) is 11.8 Å². The van der Waals surface area contributed by atoms with Crippen LogP contribution in [-0.4, -0.2) is 57.8 Å². The van der Waals surface area contributed by atoms with Crippen LogP contribution >= 0.6 is 0 Å². The molecule has 1 amide bonds. The molecule has 0 aliphatic carbocycles. The second-order valence-corrected chi connectivity index (χ2v) is 6.84. The van der Waals surface area contributed by atoms with Gasteiger partial charge in [0.15, 0.2) is 0 Å². The van der Waals surface area contributed by atoms with Gasteiger partial charge in [0.25, 0.3) is 5.91 Å². The van der Waals surface area contributed by atoms with Gasteiger partial charge in [-0.1, -0.05) is 0 Å². The molecule has 0 spiro atoms. The third kappa shape index (κ3) is 5.88. The first-order chi connectivity index (χ1) is 8.83. The van der Waals surface area contributed by atoms with Crippen LogP contribution in [0.4, 0.5) is 0 Å². The number of ether oxygens (including phenoxy) is 1. The van der Waals surface area contributed by atoms with E-state index in [4.69, 9.17) is 4.74 Å². The van der Waals surface area contributed by atoms with Crippen LogP contribution in [0.2, 0.25) is 0 Å². The van der Waals surface area contributed by atoms with Crippen molar-refractivity contribution in [1.29, 1.82) is 0 Å². The second kappa shape index (κ2) is 7.21. The minimum Gasteiger partial charge on any atom is -0.369 e. The van der Waals surface area contributed by atoms with E-state index in [1.54, 1.807) is 11.8 Å². The van der Waals surface area contributed by atoms with Crippen LogP contribution in [-0.2, 0) is 19.6 Å². The third-order valence-corrected chi connectivity index (χ3v) is 3.92. The minimum atomic E-state index is -3.16. The highest BCUT2D eigenvalue weighted by Gasteiger charge is 2.27. The monoisotopic (exact) mass is 292 g/mol. The number of piperidine rings is 1. The van der Waals surface area contributed by atoms with Gasteiger partial charge in [-0.2, -0.15) is 0 Å². The third-order valence-electron chi connectivity index (χ3n) is 3.23. The van der Waals surface area contributed by atoms with E-state index >= 15 is 0 Å². The van der Waals surface area contributed by atoms with Gasteiger partial charge in [-0.3, -0.25) is 4.79 Å². The fraction of sp³-hybridized carbons (Fsp3) is 0.917. The number of carbonyl (C=O) groups is 1. The molecular formula is C12H24N2O4S. The molecule has 1 aliphatic heterocycles. The number of nitrogens with one attached hydrogen (secondary N) is 1. The number of nitrogens with zero attached hydrogens (tertiary/aromatic N) is 1. The van der Waals surface area contributed by atoms with Gasteiger partial charge in [0.1, 0.15) is 6.10 Å². The molecule has 112 valence electrons. The molecule has 0 aromatic heterocycles. The van der Waals surface area contributed by atoms with Gasteiger partial charge < -0.3 is 9.64 Å². The summed E-state index contributed by atoms with van der Waals surface area (Å²) in [5.74, 6) is 0.173. The Morgan fingerprint density at radius 3 is 2.79 bits per heavy atom. The first-order valence-corrected chi connectivity index (χ1v) is 8.57. The lowest BCUT2D eigenvalue weighted by Crippen LogP contribution is -2.47. The van der Waals surface area contributed by atoms with E-state index in [9.17, 15) is 13.2 Å². The lowest BCUT2D eigenvalue weighted by atomic mass is 9.98. The summed E-state index contributed by atoms with van der Waals surface area (Å²) < 4.78 is 30.0. The summed E-state index contributed by atoms with van der Waals surface area (Å²) in [6, 6.07) is 0. The number of carbonyl (C=O) groups excluding carboxylic acids is 1. The largest absolute Gasteiger partial charge is 0.369 e. The Kier molecular flexibility index (Phi) is 6.22. The van der Waals surface area contributed by atoms with Crippen LogP contribution in [0.1, 0.15) is 26.7 Å². The fourth-order valence-corrected chi connectivity index (χ4v) is 2.82. The van der Waals surface area contributed by atoms with Crippen LogP contribution in [0.3, 0.4) is 0 Å². The summed E-state index contributed by atoms with van der Waals surface area (Å²) in [6.07, 6.45) is 2.57. The van der Waals surface area contributed by atoms with Crippen molar-refractivity contribution in [3.05, 3.63) is 0 Å². The van der Waals surface area contributed by atoms with Crippen molar-refractivity contribution in [1.82, 2.24) is 9.62 Å². The van der Waals surface area contributed by atoms with Gasteiger partial charge in [0, 0.05) is 26.2 Å². The van der Waals surface area contributed by atoms with Crippen LogP contribution in [0, 0.1) is 5.92 Å². The SMILES string of the molecule is CCO[C@@H](C)C(=O)N1CCC[C@@H](CNS(C)(=O)=O)C1. The van der Waals surface area contributed by atoms with E-state index in [0.29, 0.717) is 19.7 Å². The number of hydrogen-bond donors (Lipinski definition) is 1. The highest BCUT2D eigenvalue weighted by molar-refractivity contribution is 7.88. The molecule has 0 saturated carbocycles. The summed E-state index contributed by atoms with van der Waals surface area (Å²) >= 11 is 0. The molecule has 0 unspecified atom stereocenters. The molecule has 1 saturated heterocycles. The van der Waals surface area contributed by atoms with Crippen molar-refractivity contribution in [2.45, 2.75) is 32.8 Å². The Morgan fingerprint density at radius 1 is 1.53 bits per heavy atom. The molecule has 7 heteroatoms. The van der Waals surface area contributed by atoms with E-state index in [0.717, 1.165) is 25.6 Å². The number of sulfonamides is 1. The first-order valence-electron chi connectivity index (χ1n) is 6.68. The van der Waals surface area contributed by atoms with Gasteiger partial charge >= 0.3 is 0 Å². The minimum absolute atomic E-state index is 0.00842. The standard InChI is InChI=1S/C12H24N2O4S/c1-4-18-10(2)12(15)14-7-5-6-11(9-14)8-13-19(3,16)17/h10-11,13H,4-9H2,1-3H3/t10-,11-/m0/s1. The Labute approximate surface area is 115 Å². The lowest BCUT2D eigenvalue weighted by molar-refractivity contribution is -0.144. The van der Waals surface area contributed by atoms with Crippen LogP contribution in [0.15, 0.2) is 0 Å². The maximum absolute atomic E-state index is 12.1. The molecule has 2 atom stereocenters. The van der Waals surface area contributed by atoms with E-state index < -0.39 is 16.1 Å². The zero-order valence-corrected chi connectivity index (χ0v) is 12.7. The zero-order valence-electron chi connectivity index (χ0n) is 11.9. The number of likely N-dealkylation sites (tertiary alicyclic amines) is 1. The topological polar surface area (TPSA) is 75.7 Å². The maximum Gasteiger partial charge on any atom is 0.251 e. The van der Waals surface area contributed by atoms with E-state index in [2.05, 4.69) is 4.72 Å². The van der Waals surface area contributed by atoms with Gasteiger partial charge in [0.05, 0.1) is 6.26 Å². The van der Waals surface area contributed by atoms with Crippen LogP contribution < -0.4 is 4.72 Å². The smallest absolute Gasteiger partial charge is 0.251 e. The molecule has 1 N–H and O–H groups in total. The zero-order chi connectivity index (χ0) is 14.5. The molecule has 0 aromatic rings. The van der Waals surface area contributed by atoms with Crippen molar-refractivity contribution < 1.29 is 17.9 Å². The molecule has 1 fully saturated rings. The summed E-state index contributed by atoms with van der Waals surface area (Å²) in [5.41, 5.74) is 0. The van der Waals surface area contributed by atoms with Gasteiger partial charge in [0.2, 0.25) is 10.0 Å². The summed E-state index contributed by atoms with van der Waals surface area (Å²) in [4.78, 5) is 13.9. The van der Waals surface area contributed by atoms with Crippen molar-refractivity contribution in [2.75, 3.05) is 32.5 Å². The van der Waals surface area contributed by atoms with Gasteiger partial charge in [-0.25, -0.2) is 13.1 Å². The van der Waals surface area contributed by atoms with Crippen molar-refractivity contribution in [2.24, 2.45) is 5.92 Å². The Morgan fingerprint density at radius 2 is 2.21 bits per heavy atom. The second-order valence-electron chi connectivity index (χ2n) is 5.01. The first kappa shape index (κ1) is 16.4. The highest BCUT2D eigenvalue weighted by atomic mass is 32.2. The highest BCUT2D eigenvalue weighted by Crippen LogP contribution is 2.17. The number of hydrogen-bond acceptors (Lipinski definition) is 4. The Bertz CT molecular complexity index is 397. The fourth-order valence-electron chi connectivity index (χ4n) is 2.28. The molecule has 0 radical (unpaired) electrons. The summed E-state index contributed by atoms with van der Waals surface area (Å²) in [7, 11) is -3.16. The van der Waals surface area contributed by atoms with E-state index in [1.165, 1.54) is 0 Å². The Hall–Kier alpha value is -0.660. The van der Waals surface area contributed by atoms with Crippen molar-refractivity contribution >= 4 is 15.9 Å².